The summed E-state index contributed by atoms with van der Waals surface area (Å²) in [6.07, 6.45) is 4.10. The highest BCUT2D eigenvalue weighted by Gasteiger charge is 2.13. The van der Waals surface area contributed by atoms with Crippen LogP contribution in [0.3, 0.4) is 0 Å². The average molecular weight is 308 g/mol. The predicted octanol–water partition coefficient (Wildman–Crippen LogP) is 1.11. The van der Waals surface area contributed by atoms with Crippen molar-refractivity contribution in [3.05, 3.63) is 23.6 Å². The van der Waals surface area contributed by atoms with E-state index in [1.807, 2.05) is 6.92 Å². The van der Waals surface area contributed by atoms with E-state index in [0.717, 1.165) is 4.88 Å². The van der Waals surface area contributed by atoms with Gasteiger partial charge in [0.05, 0.1) is 30.0 Å². The average Bonchev–Trinajstić information content (AvgIpc) is 2.95. The molecule has 21 heavy (non-hydrogen) atoms. The predicted molar refractivity (Wildman–Crippen MR) is 78.3 cm³/mol. The van der Waals surface area contributed by atoms with E-state index in [1.165, 1.54) is 17.5 Å². The normalized spacial score (nSPS) is 12.0. The van der Waals surface area contributed by atoms with E-state index in [1.54, 1.807) is 19.3 Å². The maximum absolute atomic E-state index is 11.8. The lowest BCUT2D eigenvalue weighted by molar-refractivity contribution is 0.0923. The van der Waals surface area contributed by atoms with Crippen molar-refractivity contribution in [2.45, 2.75) is 20.0 Å². The molecule has 0 saturated carbocycles. The molecular formula is C13H16N4O3S. The first-order chi connectivity index (χ1) is 10.1. The van der Waals surface area contributed by atoms with E-state index < -0.39 is 6.10 Å². The smallest absolute Gasteiger partial charge is 0.280 e. The van der Waals surface area contributed by atoms with Gasteiger partial charge in [-0.2, -0.15) is 0 Å². The third kappa shape index (κ3) is 4.20. The molecule has 1 unspecified atom stereocenters. The lowest BCUT2D eigenvalue weighted by atomic mass is 10.4. The third-order valence-electron chi connectivity index (χ3n) is 2.42. The van der Waals surface area contributed by atoms with Crippen molar-refractivity contribution in [3.63, 3.8) is 0 Å². The zero-order valence-electron chi connectivity index (χ0n) is 11.7. The molecule has 2 N–H and O–H groups in total. The van der Waals surface area contributed by atoms with Crippen LogP contribution >= 0.6 is 11.3 Å². The van der Waals surface area contributed by atoms with Gasteiger partial charge in [-0.25, -0.2) is 9.97 Å². The van der Waals surface area contributed by atoms with Crippen molar-refractivity contribution in [3.8, 4) is 16.5 Å². The Kier molecular flexibility index (Phi) is 5.18. The Morgan fingerprint density at radius 3 is 3.00 bits per heavy atom. The van der Waals surface area contributed by atoms with Crippen molar-refractivity contribution in [2.75, 3.05) is 13.2 Å². The van der Waals surface area contributed by atoms with Gasteiger partial charge in [-0.05, 0) is 13.8 Å². The second-order valence-corrected chi connectivity index (χ2v) is 5.29. The van der Waals surface area contributed by atoms with Gasteiger partial charge in [0.25, 0.3) is 5.91 Å². The molecule has 0 aliphatic carbocycles. The van der Waals surface area contributed by atoms with E-state index in [-0.39, 0.29) is 12.5 Å². The molecule has 0 fully saturated rings. The number of nitrogens with one attached hydrogen (secondary N) is 1. The summed E-state index contributed by atoms with van der Waals surface area (Å²) in [5.41, 5.74) is 0.605. The number of hydrogen-bond acceptors (Lipinski definition) is 7. The Balaban J connectivity index is 2.12. The van der Waals surface area contributed by atoms with Crippen LogP contribution in [0.15, 0.2) is 18.6 Å². The fourth-order valence-corrected chi connectivity index (χ4v) is 2.28. The maximum atomic E-state index is 11.8. The molecule has 112 valence electrons. The Labute approximate surface area is 126 Å². The number of aliphatic hydroxyl groups is 1. The number of aliphatic hydroxyl groups excluding tert-OH is 1. The number of thiazole rings is 1. The first-order valence-corrected chi connectivity index (χ1v) is 7.29. The van der Waals surface area contributed by atoms with Crippen molar-refractivity contribution in [1.29, 1.82) is 0 Å². The standard InChI is InChI=1S/C13H16N4O3S/c1-3-20-11-7-14-5-9(17-11)10-6-16-13(21-10)12(19)15-4-8(2)18/h5-8,18H,3-4H2,1-2H3,(H,15,19). The van der Waals surface area contributed by atoms with E-state index in [9.17, 15) is 4.79 Å². The fraction of sp³-hybridized carbons (Fsp3) is 0.385. The van der Waals surface area contributed by atoms with Gasteiger partial charge in [0.2, 0.25) is 5.88 Å². The van der Waals surface area contributed by atoms with Crippen LogP contribution in [0.2, 0.25) is 0 Å². The highest BCUT2D eigenvalue weighted by Crippen LogP contribution is 2.25. The molecule has 0 aliphatic heterocycles. The van der Waals surface area contributed by atoms with Gasteiger partial charge in [-0.3, -0.25) is 9.78 Å². The van der Waals surface area contributed by atoms with E-state index >= 15 is 0 Å². The summed E-state index contributed by atoms with van der Waals surface area (Å²) >= 11 is 1.21. The van der Waals surface area contributed by atoms with Crippen molar-refractivity contribution in [2.24, 2.45) is 0 Å². The number of carbonyl (C=O) groups is 1. The van der Waals surface area contributed by atoms with Crippen LogP contribution < -0.4 is 10.1 Å². The molecule has 0 spiro atoms. The van der Waals surface area contributed by atoms with Crippen LogP contribution in [-0.4, -0.2) is 45.2 Å². The van der Waals surface area contributed by atoms with Crippen LogP contribution in [0.25, 0.3) is 10.6 Å². The number of ether oxygens (including phenoxy) is 1. The first-order valence-electron chi connectivity index (χ1n) is 6.47. The molecule has 7 nitrogen and oxygen atoms in total. The van der Waals surface area contributed by atoms with Crippen LogP contribution in [0.4, 0.5) is 0 Å². The quantitative estimate of drug-likeness (QED) is 0.829. The number of carbonyl (C=O) groups excluding carboxylic acids is 1. The topological polar surface area (TPSA) is 97.2 Å². The minimum absolute atomic E-state index is 0.188. The summed E-state index contributed by atoms with van der Waals surface area (Å²) in [5.74, 6) is 0.115. The van der Waals surface area contributed by atoms with E-state index in [2.05, 4.69) is 20.3 Å². The Morgan fingerprint density at radius 2 is 2.29 bits per heavy atom. The van der Waals surface area contributed by atoms with Gasteiger partial charge in [0, 0.05) is 12.7 Å². The van der Waals surface area contributed by atoms with Crippen LogP contribution in [-0.2, 0) is 0 Å². The first kappa shape index (κ1) is 15.3. The highest BCUT2D eigenvalue weighted by molar-refractivity contribution is 7.16. The zero-order chi connectivity index (χ0) is 15.2. The minimum atomic E-state index is -0.595. The molecule has 0 saturated heterocycles. The molecule has 2 aromatic rings. The molecule has 8 heteroatoms. The fourth-order valence-electron chi connectivity index (χ4n) is 1.50. The third-order valence-corrected chi connectivity index (χ3v) is 3.43. The minimum Gasteiger partial charge on any atom is -0.477 e. The summed E-state index contributed by atoms with van der Waals surface area (Å²) in [7, 11) is 0. The molecule has 1 amide bonds. The summed E-state index contributed by atoms with van der Waals surface area (Å²) in [6, 6.07) is 0. The van der Waals surface area contributed by atoms with Crippen LogP contribution in [0.1, 0.15) is 23.6 Å². The van der Waals surface area contributed by atoms with E-state index in [4.69, 9.17) is 9.84 Å². The second-order valence-electron chi connectivity index (χ2n) is 4.26. The molecule has 2 aromatic heterocycles. The van der Waals surface area contributed by atoms with Gasteiger partial charge in [0.15, 0.2) is 5.01 Å². The van der Waals surface area contributed by atoms with Gasteiger partial charge in [-0.15, -0.1) is 11.3 Å². The molecule has 0 aliphatic rings. The lowest BCUT2D eigenvalue weighted by Crippen LogP contribution is -2.30. The molecule has 2 rings (SSSR count). The Morgan fingerprint density at radius 1 is 1.48 bits per heavy atom. The summed E-state index contributed by atoms with van der Waals surface area (Å²) in [5, 5.41) is 12.1. The molecule has 0 radical (unpaired) electrons. The van der Waals surface area contributed by atoms with Crippen molar-refractivity contribution in [1.82, 2.24) is 20.3 Å². The Hall–Kier alpha value is -2.06. The van der Waals surface area contributed by atoms with E-state index in [0.29, 0.717) is 23.2 Å². The largest absolute Gasteiger partial charge is 0.477 e. The van der Waals surface area contributed by atoms with Gasteiger partial charge in [0.1, 0.15) is 5.69 Å². The number of rotatable bonds is 6. The number of hydrogen-bond donors (Lipinski definition) is 2. The molecule has 0 bridgehead atoms. The lowest BCUT2D eigenvalue weighted by Gasteiger charge is -2.04. The number of aromatic nitrogens is 3. The summed E-state index contributed by atoms with van der Waals surface area (Å²) < 4.78 is 5.29. The highest BCUT2D eigenvalue weighted by atomic mass is 32.1. The van der Waals surface area contributed by atoms with Gasteiger partial charge >= 0.3 is 0 Å². The van der Waals surface area contributed by atoms with Gasteiger partial charge < -0.3 is 15.2 Å². The maximum Gasteiger partial charge on any atom is 0.280 e. The summed E-state index contributed by atoms with van der Waals surface area (Å²) in [4.78, 5) is 25.0. The molecular weight excluding hydrogens is 292 g/mol. The zero-order valence-corrected chi connectivity index (χ0v) is 12.6. The molecule has 0 aromatic carbocycles. The number of amides is 1. The SMILES string of the molecule is CCOc1cncc(-c2cnc(C(=O)NCC(C)O)s2)n1. The molecule has 2 heterocycles. The summed E-state index contributed by atoms with van der Waals surface area (Å²) in [6.45, 7) is 4.16. The Bertz CT molecular complexity index is 615. The van der Waals surface area contributed by atoms with Crippen molar-refractivity contribution >= 4 is 17.2 Å². The van der Waals surface area contributed by atoms with Crippen molar-refractivity contribution < 1.29 is 14.6 Å². The van der Waals surface area contributed by atoms with Gasteiger partial charge in [-0.1, -0.05) is 0 Å². The monoisotopic (exact) mass is 308 g/mol. The molecule has 1 atom stereocenters. The number of nitrogens with zero attached hydrogens (tertiary/aromatic N) is 3. The van der Waals surface area contributed by atoms with Crippen LogP contribution in [0, 0.1) is 0 Å². The second kappa shape index (κ2) is 7.09. The van der Waals surface area contributed by atoms with Crippen LogP contribution in [0.5, 0.6) is 5.88 Å².